The maximum Gasteiger partial charge on any atom is 0.0515 e. The van der Waals surface area contributed by atoms with Gasteiger partial charge < -0.3 is 15.9 Å². The molecule has 0 saturated heterocycles. The highest BCUT2D eigenvalue weighted by molar-refractivity contribution is 5.85. The molecule has 0 aromatic heterocycles. The van der Waals surface area contributed by atoms with E-state index in [0.717, 1.165) is 6.42 Å². The molecule has 0 aliphatic carbocycles. The zero-order valence-corrected chi connectivity index (χ0v) is 20.7. The third-order valence-corrected chi connectivity index (χ3v) is 6.03. The Balaban J connectivity index is 0. The van der Waals surface area contributed by atoms with Gasteiger partial charge in [0.05, 0.1) is 12.2 Å². The summed E-state index contributed by atoms with van der Waals surface area (Å²) >= 11 is 0. The molecule has 0 aliphatic rings. The van der Waals surface area contributed by atoms with Crippen molar-refractivity contribution in [2.24, 2.45) is 11.7 Å². The standard InChI is InChI=1S/C25H53NO2.ClH/c1-4-5-6-7-8-9-10-11-12-13-14-15-16-17-18-19-25(26)24(20-22(2)27)21-23(3)28;/h22-25,27-28H,4-21,26H2,1-3H3;1H. The van der Waals surface area contributed by atoms with Crippen LogP contribution in [-0.4, -0.2) is 28.5 Å². The normalized spacial score (nSPS) is 15.5. The Morgan fingerprint density at radius 2 is 0.897 bits per heavy atom. The minimum absolute atomic E-state index is 0. The summed E-state index contributed by atoms with van der Waals surface area (Å²) < 4.78 is 0. The molecule has 4 heteroatoms. The molecule has 3 unspecified atom stereocenters. The molecular formula is C25H54ClNO2. The number of aliphatic hydroxyl groups is 2. The Morgan fingerprint density at radius 1 is 0.586 bits per heavy atom. The van der Waals surface area contributed by atoms with Crippen LogP contribution in [0, 0.1) is 5.92 Å². The van der Waals surface area contributed by atoms with E-state index in [-0.39, 0.29) is 36.6 Å². The number of hydrogen-bond acceptors (Lipinski definition) is 3. The maximum atomic E-state index is 9.65. The molecule has 29 heavy (non-hydrogen) atoms. The highest BCUT2D eigenvalue weighted by atomic mass is 35.5. The summed E-state index contributed by atoms with van der Waals surface area (Å²) in [6.07, 6.45) is 22.4. The van der Waals surface area contributed by atoms with Crippen LogP contribution < -0.4 is 5.73 Å². The Morgan fingerprint density at radius 3 is 1.21 bits per heavy atom. The van der Waals surface area contributed by atoms with Crippen molar-refractivity contribution >= 4 is 12.4 Å². The summed E-state index contributed by atoms with van der Waals surface area (Å²) in [7, 11) is 0. The summed E-state index contributed by atoms with van der Waals surface area (Å²) in [5.41, 5.74) is 6.35. The van der Waals surface area contributed by atoms with E-state index < -0.39 is 0 Å². The van der Waals surface area contributed by atoms with Crippen LogP contribution in [0.1, 0.15) is 136 Å². The predicted molar refractivity (Wildman–Crippen MR) is 131 cm³/mol. The molecule has 3 nitrogen and oxygen atoms in total. The quantitative estimate of drug-likeness (QED) is 0.167. The van der Waals surface area contributed by atoms with E-state index >= 15 is 0 Å². The van der Waals surface area contributed by atoms with Gasteiger partial charge in [-0.05, 0) is 39.0 Å². The molecule has 0 aromatic rings. The van der Waals surface area contributed by atoms with Crippen LogP contribution in [-0.2, 0) is 0 Å². The minimum atomic E-state index is -0.337. The van der Waals surface area contributed by atoms with Crippen molar-refractivity contribution in [3.63, 3.8) is 0 Å². The SMILES string of the molecule is CCCCCCCCCCCCCCCCCC(N)C(CC(C)O)CC(C)O.Cl. The molecule has 0 aromatic carbocycles. The van der Waals surface area contributed by atoms with Crippen molar-refractivity contribution < 1.29 is 10.2 Å². The van der Waals surface area contributed by atoms with Crippen molar-refractivity contribution in [3.8, 4) is 0 Å². The number of unbranched alkanes of at least 4 members (excludes halogenated alkanes) is 14. The van der Waals surface area contributed by atoms with Crippen molar-refractivity contribution in [2.75, 3.05) is 0 Å². The van der Waals surface area contributed by atoms with Crippen molar-refractivity contribution in [1.29, 1.82) is 0 Å². The molecule has 0 spiro atoms. The topological polar surface area (TPSA) is 66.5 Å². The first-order valence-corrected chi connectivity index (χ1v) is 12.6. The van der Waals surface area contributed by atoms with E-state index in [9.17, 15) is 10.2 Å². The van der Waals surface area contributed by atoms with Crippen molar-refractivity contribution in [1.82, 2.24) is 0 Å². The van der Waals surface area contributed by atoms with E-state index in [4.69, 9.17) is 5.73 Å². The number of hydrogen-bond donors (Lipinski definition) is 3. The highest BCUT2D eigenvalue weighted by Crippen LogP contribution is 2.21. The van der Waals surface area contributed by atoms with Gasteiger partial charge in [0.2, 0.25) is 0 Å². The van der Waals surface area contributed by atoms with Gasteiger partial charge in [-0.1, -0.05) is 103 Å². The molecule has 0 heterocycles. The monoisotopic (exact) mass is 435 g/mol. The van der Waals surface area contributed by atoms with E-state index in [0.29, 0.717) is 12.8 Å². The second kappa shape index (κ2) is 22.8. The first-order chi connectivity index (χ1) is 13.5. The molecule has 0 fully saturated rings. The van der Waals surface area contributed by atoms with Gasteiger partial charge in [0.15, 0.2) is 0 Å². The average Bonchev–Trinajstić information content (AvgIpc) is 2.63. The molecule has 0 saturated carbocycles. The summed E-state index contributed by atoms with van der Waals surface area (Å²) in [5.74, 6) is 0.228. The summed E-state index contributed by atoms with van der Waals surface area (Å²) in [6.45, 7) is 5.91. The predicted octanol–water partition coefficient (Wildman–Crippen LogP) is 7.16. The average molecular weight is 436 g/mol. The van der Waals surface area contributed by atoms with Gasteiger partial charge in [-0.25, -0.2) is 0 Å². The number of halogens is 1. The van der Waals surface area contributed by atoms with E-state index in [2.05, 4.69) is 6.92 Å². The first-order valence-electron chi connectivity index (χ1n) is 12.6. The number of rotatable bonds is 21. The highest BCUT2D eigenvalue weighted by Gasteiger charge is 2.21. The third-order valence-electron chi connectivity index (χ3n) is 6.03. The van der Waals surface area contributed by atoms with Crippen LogP contribution in [0.2, 0.25) is 0 Å². The minimum Gasteiger partial charge on any atom is -0.393 e. The molecule has 178 valence electrons. The summed E-state index contributed by atoms with van der Waals surface area (Å²) in [5, 5.41) is 19.3. The van der Waals surface area contributed by atoms with Crippen LogP contribution >= 0.6 is 12.4 Å². The lowest BCUT2D eigenvalue weighted by atomic mass is 9.86. The Hall–Kier alpha value is 0.170. The van der Waals surface area contributed by atoms with E-state index in [1.165, 1.54) is 96.3 Å². The van der Waals surface area contributed by atoms with Gasteiger partial charge >= 0.3 is 0 Å². The molecule has 0 amide bonds. The molecule has 0 bridgehead atoms. The number of aliphatic hydroxyl groups excluding tert-OH is 2. The molecular weight excluding hydrogens is 382 g/mol. The van der Waals surface area contributed by atoms with Crippen LogP contribution in [0.3, 0.4) is 0 Å². The molecule has 4 N–H and O–H groups in total. The fourth-order valence-electron chi connectivity index (χ4n) is 4.31. The molecule has 0 aliphatic heterocycles. The smallest absolute Gasteiger partial charge is 0.0515 e. The first kappa shape index (κ1) is 31.4. The van der Waals surface area contributed by atoms with Crippen molar-refractivity contribution in [2.45, 2.75) is 155 Å². The molecule has 3 atom stereocenters. The van der Waals surface area contributed by atoms with Gasteiger partial charge in [-0.15, -0.1) is 12.4 Å². The lowest BCUT2D eigenvalue weighted by Crippen LogP contribution is -2.34. The van der Waals surface area contributed by atoms with Crippen LogP contribution in [0.4, 0.5) is 0 Å². The summed E-state index contributed by atoms with van der Waals surface area (Å²) in [4.78, 5) is 0. The molecule has 0 rings (SSSR count). The Labute approximate surface area is 189 Å². The molecule has 0 radical (unpaired) electrons. The lowest BCUT2D eigenvalue weighted by Gasteiger charge is -2.26. The van der Waals surface area contributed by atoms with Crippen LogP contribution in [0.15, 0.2) is 0 Å². The maximum absolute atomic E-state index is 9.65. The van der Waals surface area contributed by atoms with Gasteiger partial charge in [-0.3, -0.25) is 0 Å². The van der Waals surface area contributed by atoms with Crippen molar-refractivity contribution in [3.05, 3.63) is 0 Å². The lowest BCUT2D eigenvalue weighted by molar-refractivity contribution is 0.107. The zero-order valence-electron chi connectivity index (χ0n) is 19.9. The van der Waals surface area contributed by atoms with E-state index in [1.807, 2.05) is 13.8 Å². The second-order valence-corrected chi connectivity index (χ2v) is 9.33. The Bertz CT molecular complexity index is 303. The van der Waals surface area contributed by atoms with E-state index in [1.54, 1.807) is 0 Å². The van der Waals surface area contributed by atoms with Gasteiger partial charge in [0.1, 0.15) is 0 Å². The summed E-state index contributed by atoms with van der Waals surface area (Å²) in [6, 6.07) is 0.103. The van der Waals surface area contributed by atoms with Crippen LogP contribution in [0.5, 0.6) is 0 Å². The number of nitrogens with two attached hydrogens (primary N) is 1. The largest absolute Gasteiger partial charge is 0.393 e. The zero-order chi connectivity index (χ0) is 21.0. The fourth-order valence-corrected chi connectivity index (χ4v) is 4.31. The van der Waals surface area contributed by atoms with Crippen LogP contribution in [0.25, 0.3) is 0 Å². The third kappa shape index (κ3) is 22.7. The van der Waals surface area contributed by atoms with Gasteiger partial charge in [-0.2, -0.15) is 0 Å². The second-order valence-electron chi connectivity index (χ2n) is 9.33. The van der Waals surface area contributed by atoms with Gasteiger partial charge in [0, 0.05) is 6.04 Å². The Kier molecular flexibility index (Phi) is 24.7. The van der Waals surface area contributed by atoms with Gasteiger partial charge in [0.25, 0.3) is 0 Å². The fraction of sp³-hybridized carbons (Fsp3) is 1.00.